The van der Waals surface area contributed by atoms with Gasteiger partial charge in [-0.2, -0.15) is 0 Å². The van der Waals surface area contributed by atoms with Crippen LogP contribution in [0.1, 0.15) is 18.5 Å². The van der Waals surface area contributed by atoms with E-state index in [1.807, 2.05) is 36.5 Å². The van der Waals surface area contributed by atoms with Gasteiger partial charge in [0.2, 0.25) is 0 Å². The Balaban J connectivity index is 2.39. The number of nitrogens with two attached hydrogens (primary N) is 1. The number of carbonyl (C=O) groups is 1. The maximum Gasteiger partial charge on any atom is 0.275 e. The number of quaternary nitrogens is 1. The molecule has 0 aromatic heterocycles. The maximum atomic E-state index is 11.3. The average Bonchev–Trinajstić information content (AvgIpc) is 2.34. The normalized spacial score (nSPS) is 11.6. The summed E-state index contributed by atoms with van der Waals surface area (Å²) in [6, 6.07) is 7.83. The van der Waals surface area contributed by atoms with Crippen molar-refractivity contribution in [3.63, 3.8) is 0 Å². The Morgan fingerprint density at radius 1 is 1.53 bits per heavy atom. The fourth-order valence-corrected chi connectivity index (χ4v) is 1.53. The summed E-state index contributed by atoms with van der Waals surface area (Å²) in [7, 11) is 0. The number of hydrogen-bond acceptors (Lipinski definition) is 1. The van der Waals surface area contributed by atoms with Crippen molar-refractivity contribution in [2.45, 2.75) is 13.0 Å². The lowest BCUT2D eigenvalue weighted by Crippen LogP contribution is -2.87. The van der Waals surface area contributed by atoms with Crippen molar-refractivity contribution in [3.8, 4) is 12.3 Å². The molecule has 1 atom stereocenters. The predicted octanol–water partition coefficient (Wildman–Crippen LogP) is 0.714. The second-order valence-corrected chi connectivity index (χ2v) is 4.20. The molecule has 1 aromatic carbocycles. The van der Waals surface area contributed by atoms with Gasteiger partial charge in [0.1, 0.15) is 6.04 Å². The van der Waals surface area contributed by atoms with E-state index in [4.69, 9.17) is 18.0 Å². The molecule has 1 amide bonds. The van der Waals surface area contributed by atoms with E-state index in [0.717, 1.165) is 5.56 Å². The molecule has 0 aliphatic heterocycles. The topological polar surface area (TPSA) is 45.7 Å². The van der Waals surface area contributed by atoms with E-state index in [1.54, 1.807) is 0 Å². The molecule has 0 saturated heterocycles. The van der Waals surface area contributed by atoms with Crippen LogP contribution in [0.5, 0.6) is 0 Å². The molecule has 90 valence electrons. The SMILES string of the molecule is C#CCNC(=O)C[NH2+][C@H](C)c1ccc(Cl)cc1. The van der Waals surface area contributed by atoms with E-state index in [-0.39, 0.29) is 18.5 Å². The number of hydrogen-bond donors (Lipinski definition) is 2. The third-order valence-electron chi connectivity index (χ3n) is 2.44. The van der Waals surface area contributed by atoms with Crippen molar-refractivity contribution in [3.05, 3.63) is 34.9 Å². The van der Waals surface area contributed by atoms with Crippen LogP contribution in [0.4, 0.5) is 0 Å². The molecule has 0 spiro atoms. The number of halogens is 1. The van der Waals surface area contributed by atoms with Gasteiger partial charge in [-0.1, -0.05) is 29.7 Å². The van der Waals surface area contributed by atoms with Crippen molar-refractivity contribution in [2.75, 3.05) is 13.1 Å². The molecule has 3 nitrogen and oxygen atoms in total. The first-order valence-electron chi connectivity index (χ1n) is 5.42. The molecular weight excluding hydrogens is 236 g/mol. The van der Waals surface area contributed by atoms with Crippen molar-refractivity contribution >= 4 is 17.5 Å². The highest BCUT2D eigenvalue weighted by atomic mass is 35.5. The summed E-state index contributed by atoms with van der Waals surface area (Å²) in [6.07, 6.45) is 5.05. The third kappa shape index (κ3) is 4.90. The monoisotopic (exact) mass is 251 g/mol. The van der Waals surface area contributed by atoms with Crippen LogP contribution >= 0.6 is 11.6 Å². The van der Waals surface area contributed by atoms with E-state index in [0.29, 0.717) is 11.6 Å². The Kier molecular flexibility index (Phi) is 5.55. The van der Waals surface area contributed by atoms with Crippen LogP contribution < -0.4 is 10.6 Å². The van der Waals surface area contributed by atoms with Gasteiger partial charge < -0.3 is 10.6 Å². The van der Waals surface area contributed by atoms with Crippen LogP contribution in [-0.2, 0) is 4.79 Å². The van der Waals surface area contributed by atoms with Gasteiger partial charge in [-0.3, -0.25) is 4.79 Å². The average molecular weight is 252 g/mol. The zero-order valence-corrected chi connectivity index (χ0v) is 10.5. The van der Waals surface area contributed by atoms with E-state index in [9.17, 15) is 4.79 Å². The van der Waals surface area contributed by atoms with Crippen molar-refractivity contribution < 1.29 is 10.1 Å². The van der Waals surface area contributed by atoms with Gasteiger partial charge in [0.05, 0.1) is 6.54 Å². The number of rotatable bonds is 5. The van der Waals surface area contributed by atoms with Gasteiger partial charge in [0.15, 0.2) is 6.54 Å². The zero-order chi connectivity index (χ0) is 12.7. The maximum absolute atomic E-state index is 11.3. The number of benzene rings is 1. The summed E-state index contributed by atoms with van der Waals surface area (Å²) in [5.41, 5.74) is 1.14. The minimum atomic E-state index is -0.0521. The summed E-state index contributed by atoms with van der Waals surface area (Å²) < 4.78 is 0. The fraction of sp³-hybridized carbons (Fsp3) is 0.308. The van der Waals surface area contributed by atoms with E-state index < -0.39 is 0 Å². The highest BCUT2D eigenvalue weighted by Crippen LogP contribution is 2.13. The standard InChI is InChI=1S/C13H15ClN2O/c1-3-8-15-13(17)9-16-10(2)11-4-6-12(14)7-5-11/h1,4-7,10,16H,8-9H2,2H3,(H,15,17)/p+1/t10-/m1/s1. The third-order valence-corrected chi connectivity index (χ3v) is 2.69. The van der Waals surface area contributed by atoms with Gasteiger partial charge in [-0.05, 0) is 19.1 Å². The molecule has 0 heterocycles. The molecule has 4 heteroatoms. The summed E-state index contributed by atoms with van der Waals surface area (Å²) in [5, 5.41) is 5.29. The molecule has 3 N–H and O–H groups in total. The first kappa shape index (κ1) is 13.6. The Morgan fingerprint density at radius 2 is 2.18 bits per heavy atom. The van der Waals surface area contributed by atoms with Gasteiger partial charge >= 0.3 is 0 Å². The first-order valence-corrected chi connectivity index (χ1v) is 5.80. The minimum absolute atomic E-state index is 0.0521. The minimum Gasteiger partial charge on any atom is -0.340 e. The molecule has 0 aliphatic rings. The summed E-state index contributed by atoms with van der Waals surface area (Å²) in [5.74, 6) is 2.31. The lowest BCUT2D eigenvalue weighted by molar-refractivity contribution is -0.682. The number of terminal acetylenes is 1. The molecule has 0 aliphatic carbocycles. The van der Waals surface area contributed by atoms with Crippen molar-refractivity contribution in [1.29, 1.82) is 0 Å². The molecule has 0 saturated carbocycles. The van der Waals surface area contributed by atoms with Gasteiger partial charge in [-0.25, -0.2) is 0 Å². The lowest BCUT2D eigenvalue weighted by Gasteiger charge is -2.10. The summed E-state index contributed by atoms with van der Waals surface area (Å²) >= 11 is 5.81. The van der Waals surface area contributed by atoms with E-state index >= 15 is 0 Å². The zero-order valence-electron chi connectivity index (χ0n) is 9.74. The molecule has 1 rings (SSSR count). The van der Waals surface area contributed by atoms with Gasteiger partial charge in [0, 0.05) is 10.6 Å². The van der Waals surface area contributed by atoms with Crippen LogP contribution in [0.3, 0.4) is 0 Å². The second-order valence-electron chi connectivity index (χ2n) is 3.76. The van der Waals surface area contributed by atoms with Gasteiger partial charge in [0.25, 0.3) is 5.91 Å². The van der Waals surface area contributed by atoms with Crippen molar-refractivity contribution in [2.24, 2.45) is 0 Å². The van der Waals surface area contributed by atoms with E-state index in [1.165, 1.54) is 0 Å². The van der Waals surface area contributed by atoms with Gasteiger partial charge in [-0.15, -0.1) is 6.42 Å². The predicted molar refractivity (Wildman–Crippen MR) is 68.5 cm³/mol. The Morgan fingerprint density at radius 3 is 2.76 bits per heavy atom. The largest absolute Gasteiger partial charge is 0.340 e. The number of nitrogens with one attached hydrogen (secondary N) is 1. The highest BCUT2D eigenvalue weighted by Gasteiger charge is 2.10. The highest BCUT2D eigenvalue weighted by molar-refractivity contribution is 6.30. The van der Waals surface area contributed by atoms with Crippen LogP contribution in [0.15, 0.2) is 24.3 Å². The Labute approximate surface area is 107 Å². The molecular formula is C13H16ClN2O+. The van der Waals surface area contributed by atoms with Crippen LogP contribution in [0.2, 0.25) is 5.02 Å². The van der Waals surface area contributed by atoms with Crippen LogP contribution in [-0.4, -0.2) is 19.0 Å². The number of carbonyl (C=O) groups excluding carboxylic acids is 1. The molecule has 17 heavy (non-hydrogen) atoms. The lowest BCUT2D eigenvalue weighted by atomic mass is 10.1. The fourth-order valence-electron chi connectivity index (χ4n) is 1.41. The number of amides is 1. The Bertz CT molecular complexity index is 408. The molecule has 0 bridgehead atoms. The molecule has 0 unspecified atom stereocenters. The smallest absolute Gasteiger partial charge is 0.275 e. The second kappa shape index (κ2) is 6.95. The molecule has 0 fully saturated rings. The summed E-state index contributed by atoms with van der Waals surface area (Å²) in [6.45, 7) is 2.69. The van der Waals surface area contributed by atoms with Crippen LogP contribution in [0.25, 0.3) is 0 Å². The Hall–Kier alpha value is -1.50. The van der Waals surface area contributed by atoms with E-state index in [2.05, 4.69) is 11.2 Å². The quantitative estimate of drug-likeness (QED) is 0.744. The summed E-state index contributed by atoms with van der Waals surface area (Å²) in [4.78, 5) is 11.3. The first-order chi connectivity index (χ1) is 8.13. The molecule has 1 aromatic rings. The molecule has 0 radical (unpaired) electrons. The van der Waals surface area contributed by atoms with Crippen molar-refractivity contribution in [1.82, 2.24) is 5.32 Å². The van der Waals surface area contributed by atoms with Crippen LogP contribution in [0, 0.1) is 12.3 Å².